The molecule has 4 nitrogen and oxygen atoms in total. The van der Waals surface area contributed by atoms with E-state index in [1.54, 1.807) is 0 Å². The molecule has 0 bridgehead atoms. The molecule has 0 radical (unpaired) electrons. The number of aliphatic hydroxyl groups is 3. The molecule has 0 aliphatic heterocycles. The summed E-state index contributed by atoms with van der Waals surface area (Å²) < 4.78 is 0. The summed E-state index contributed by atoms with van der Waals surface area (Å²) in [6, 6.07) is 0. The van der Waals surface area contributed by atoms with Gasteiger partial charge in [-0.1, -0.05) is 45.4 Å². The molecule has 0 aliphatic rings. The molecule has 0 saturated carbocycles. The lowest BCUT2D eigenvalue weighted by molar-refractivity contribution is 0.0809. The second-order valence-corrected chi connectivity index (χ2v) is 4.96. The van der Waals surface area contributed by atoms with Crippen molar-refractivity contribution in [1.29, 1.82) is 0 Å². The molecule has 1 atom stereocenters. The fourth-order valence-corrected chi connectivity index (χ4v) is 2.13. The summed E-state index contributed by atoms with van der Waals surface area (Å²) in [5, 5.41) is 27.6. The molecule has 0 heterocycles. The molecule has 110 valence electrons. The van der Waals surface area contributed by atoms with Gasteiger partial charge in [-0.3, -0.25) is 4.90 Å². The zero-order valence-corrected chi connectivity index (χ0v) is 11.9. The minimum Gasteiger partial charge on any atom is -0.395 e. The highest BCUT2D eigenvalue weighted by Crippen LogP contribution is 2.09. The van der Waals surface area contributed by atoms with E-state index in [0.29, 0.717) is 19.6 Å². The second-order valence-electron chi connectivity index (χ2n) is 4.96. The van der Waals surface area contributed by atoms with E-state index in [2.05, 4.69) is 6.92 Å². The number of hydrogen-bond acceptors (Lipinski definition) is 4. The Morgan fingerprint density at radius 1 is 0.889 bits per heavy atom. The highest BCUT2D eigenvalue weighted by atomic mass is 16.3. The number of hydrogen-bond donors (Lipinski definition) is 3. The van der Waals surface area contributed by atoms with Crippen LogP contribution in [0.1, 0.15) is 51.9 Å². The molecule has 0 rings (SSSR count). The third-order valence-corrected chi connectivity index (χ3v) is 3.19. The van der Waals surface area contributed by atoms with Crippen molar-refractivity contribution in [3.05, 3.63) is 0 Å². The van der Waals surface area contributed by atoms with Gasteiger partial charge in [0, 0.05) is 19.6 Å². The maximum atomic E-state index is 9.87. The van der Waals surface area contributed by atoms with Crippen LogP contribution in [-0.2, 0) is 0 Å². The van der Waals surface area contributed by atoms with Crippen molar-refractivity contribution < 1.29 is 15.3 Å². The molecule has 1 unspecified atom stereocenters. The van der Waals surface area contributed by atoms with Crippen LogP contribution >= 0.6 is 0 Å². The van der Waals surface area contributed by atoms with Gasteiger partial charge < -0.3 is 15.3 Å². The Kier molecular flexibility index (Phi) is 13.2. The van der Waals surface area contributed by atoms with Crippen molar-refractivity contribution in [2.45, 2.75) is 58.0 Å². The average Bonchev–Trinajstić information content (AvgIpc) is 2.34. The Bertz CT molecular complexity index is 161. The van der Waals surface area contributed by atoms with Gasteiger partial charge in [0.05, 0.1) is 19.3 Å². The first kappa shape index (κ1) is 17.8. The van der Waals surface area contributed by atoms with Gasteiger partial charge in [0.25, 0.3) is 0 Å². The highest BCUT2D eigenvalue weighted by molar-refractivity contribution is 4.64. The monoisotopic (exact) mass is 261 g/mol. The molecule has 0 aromatic rings. The molecule has 4 heteroatoms. The van der Waals surface area contributed by atoms with Gasteiger partial charge in [0.2, 0.25) is 0 Å². The first-order chi connectivity index (χ1) is 8.74. The van der Waals surface area contributed by atoms with Crippen LogP contribution in [0.3, 0.4) is 0 Å². The Morgan fingerprint density at radius 2 is 1.44 bits per heavy atom. The van der Waals surface area contributed by atoms with E-state index in [1.165, 1.54) is 32.1 Å². The van der Waals surface area contributed by atoms with E-state index in [4.69, 9.17) is 10.2 Å². The normalized spacial score (nSPS) is 13.2. The number of unbranched alkanes of at least 4 members (excludes halogenated alkanes) is 5. The molecule has 18 heavy (non-hydrogen) atoms. The van der Waals surface area contributed by atoms with Gasteiger partial charge >= 0.3 is 0 Å². The molecular formula is C14H31NO3. The Hall–Kier alpha value is -0.160. The number of aliphatic hydroxyl groups excluding tert-OH is 3. The standard InChI is InChI=1S/C14H31NO3/c1-2-3-4-5-6-7-8-14(18)13-15(9-11-16)10-12-17/h14,16-18H,2-13H2,1H3. The van der Waals surface area contributed by atoms with Crippen LogP contribution in [0, 0.1) is 0 Å². The molecule has 0 aliphatic carbocycles. The van der Waals surface area contributed by atoms with Crippen LogP contribution in [0.5, 0.6) is 0 Å². The maximum absolute atomic E-state index is 9.87. The number of nitrogens with zero attached hydrogens (tertiary/aromatic N) is 1. The van der Waals surface area contributed by atoms with Crippen LogP contribution in [0.25, 0.3) is 0 Å². The zero-order chi connectivity index (χ0) is 13.6. The molecule has 0 saturated heterocycles. The first-order valence-electron chi connectivity index (χ1n) is 7.36. The molecule has 0 amide bonds. The van der Waals surface area contributed by atoms with E-state index in [0.717, 1.165) is 12.8 Å². The van der Waals surface area contributed by atoms with Gasteiger partial charge in [-0.25, -0.2) is 0 Å². The summed E-state index contributed by atoms with van der Waals surface area (Å²) in [5.74, 6) is 0. The molecule has 3 N–H and O–H groups in total. The Morgan fingerprint density at radius 3 is 2.00 bits per heavy atom. The average molecular weight is 261 g/mol. The minimum atomic E-state index is -0.339. The summed E-state index contributed by atoms with van der Waals surface area (Å²) in [6.45, 7) is 3.95. The van der Waals surface area contributed by atoms with E-state index in [9.17, 15) is 5.11 Å². The van der Waals surface area contributed by atoms with Gasteiger partial charge in [-0.05, 0) is 6.42 Å². The van der Waals surface area contributed by atoms with Crippen molar-refractivity contribution in [2.75, 3.05) is 32.8 Å². The molecule has 0 aromatic heterocycles. The predicted octanol–water partition coefficient (Wildman–Crippen LogP) is 1.38. The molecular weight excluding hydrogens is 230 g/mol. The van der Waals surface area contributed by atoms with Crippen LogP contribution in [-0.4, -0.2) is 59.2 Å². The number of rotatable bonds is 13. The van der Waals surface area contributed by atoms with Crippen LogP contribution in [0.15, 0.2) is 0 Å². The smallest absolute Gasteiger partial charge is 0.0667 e. The van der Waals surface area contributed by atoms with Crippen LogP contribution < -0.4 is 0 Å². The predicted molar refractivity (Wildman–Crippen MR) is 74.6 cm³/mol. The van der Waals surface area contributed by atoms with E-state index >= 15 is 0 Å². The maximum Gasteiger partial charge on any atom is 0.0667 e. The highest BCUT2D eigenvalue weighted by Gasteiger charge is 2.10. The Labute approximate surface area is 112 Å². The Balaban J connectivity index is 3.51. The van der Waals surface area contributed by atoms with Crippen molar-refractivity contribution in [3.8, 4) is 0 Å². The molecule has 0 aromatic carbocycles. The van der Waals surface area contributed by atoms with Gasteiger partial charge in [0.1, 0.15) is 0 Å². The van der Waals surface area contributed by atoms with E-state index in [1.807, 2.05) is 4.90 Å². The third kappa shape index (κ3) is 11.0. The summed E-state index contributed by atoms with van der Waals surface area (Å²) in [7, 11) is 0. The minimum absolute atomic E-state index is 0.0732. The van der Waals surface area contributed by atoms with Gasteiger partial charge in [0.15, 0.2) is 0 Å². The van der Waals surface area contributed by atoms with E-state index in [-0.39, 0.29) is 19.3 Å². The molecule has 0 spiro atoms. The summed E-state index contributed by atoms with van der Waals surface area (Å²) >= 11 is 0. The second kappa shape index (κ2) is 13.3. The topological polar surface area (TPSA) is 63.9 Å². The lowest BCUT2D eigenvalue weighted by Crippen LogP contribution is -2.36. The largest absolute Gasteiger partial charge is 0.395 e. The van der Waals surface area contributed by atoms with Crippen molar-refractivity contribution in [2.24, 2.45) is 0 Å². The van der Waals surface area contributed by atoms with Gasteiger partial charge in [-0.2, -0.15) is 0 Å². The van der Waals surface area contributed by atoms with Crippen molar-refractivity contribution >= 4 is 0 Å². The van der Waals surface area contributed by atoms with Crippen LogP contribution in [0.4, 0.5) is 0 Å². The van der Waals surface area contributed by atoms with Crippen LogP contribution in [0.2, 0.25) is 0 Å². The summed E-state index contributed by atoms with van der Waals surface area (Å²) in [5.41, 5.74) is 0. The van der Waals surface area contributed by atoms with Gasteiger partial charge in [-0.15, -0.1) is 0 Å². The summed E-state index contributed by atoms with van der Waals surface area (Å²) in [6.07, 6.45) is 7.87. The first-order valence-corrected chi connectivity index (χ1v) is 7.36. The fraction of sp³-hybridized carbons (Fsp3) is 1.00. The summed E-state index contributed by atoms with van der Waals surface area (Å²) in [4.78, 5) is 1.90. The third-order valence-electron chi connectivity index (χ3n) is 3.19. The SMILES string of the molecule is CCCCCCCCC(O)CN(CCO)CCO. The van der Waals surface area contributed by atoms with Crippen molar-refractivity contribution in [1.82, 2.24) is 4.90 Å². The van der Waals surface area contributed by atoms with Crippen molar-refractivity contribution in [3.63, 3.8) is 0 Å². The van der Waals surface area contributed by atoms with E-state index < -0.39 is 0 Å². The lowest BCUT2D eigenvalue weighted by Gasteiger charge is -2.23. The quantitative estimate of drug-likeness (QED) is 0.438. The lowest BCUT2D eigenvalue weighted by atomic mass is 10.1. The zero-order valence-electron chi connectivity index (χ0n) is 11.9. The fourth-order valence-electron chi connectivity index (χ4n) is 2.13. The molecule has 0 fully saturated rings.